The highest BCUT2D eigenvalue weighted by atomic mass is 32.1. The Morgan fingerprint density at radius 3 is 3.17 bits per heavy atom. The van der Waals surface area contributed by atoms with E-state index in [4.69, 9.17) is 9.47 Å². The van der Waals surface area contributed by atoms with Crippen molar-refractivity contribution in [1.82, 2.24) is 4.90 Å². The lowest BCUT2D eigenvalue weighted by Crippen LogP contribution is -2.58. The van der Waals surface area contributed by atoms with Crippen molar-refractivity contribution in [2.75, 3.05) is 26.3 Å². The average Bonchev–Trinajstić information content (AvgIpc) is 3.05. The van der Waals surface area contributed by atoms with Gasteiger partial charge in [-0.2, -0.15) is 11.3 Å². The van der Waals surface area contributed by atoms with Crippen molar-refractivity contribution in [2.45, 2.75) is 51.7 Å². The minimum Gasteiger partial charge on any atom is -0.378 e. The Labute approximate surface area is 142 Å². The van der Waals surface area contributed by atoms with Crippen LogP contribution < -0.4 is 0 Å². The first-order valence-corrected chi connectivity index (χ1v) is 9.55. The number of ether oxygens (including phenoxy) is 2. The zero-order valence-corrected chi connectivity index (χ0v) is 14.9. The number of carbonyl (C=O) groups is 1. The van der Waals surface area contributed by atoms with Gasteiger partial charge in [-0.1, -0.05) is 0 Å². The van der Waals surface area contributed by atoms with E-state index >= 15 is 0 Å². The summed E-state index contributed by atoms with van der Waals surface area (Å²) in [4.78, 5) is 14.7. The number of nitrogens with zero attached hydrogens (tertiary/aromatic N) is 1. The molecule has 2 fully saturated rings. The molecule has 0 aromatic carbocycles. The smallest absolute Gasteiger partial charge is 0.227 e. The van der Waals surface area contributed by atoms with Crippen LogP contribution in [-0.2, 0) is 20.7 Å². The second-order valence-corrected chi connectivity index (χ2v) is 7.88. The number of thiophene rings is 1. The minimum atomic E-state index is -0.0227. The summed E-state index contributed by atoms with van der Waals surface area (Å²) in [6.07, 6.45) is 4.04. The second-order valence-electron chi connectivity index (χ2n) is 7.10. The van der Waals surface area contributed by atoms with E-state index in [1.165, 1.54) is 0 Å². The fraction of sp³-hybridized carbons (Fsp3) is 0.722. The molecule has 3 heterocycles. The molecule has 0 bridgehead atoms. The number of fused-ring (bicyclic) bond motifs is 1. The maximum Gasteiger partial charge on any atom is 0.227 e. The molecule has 1 aromatic heterocycles. The summed E-state index contributed by atoms with van der Waals surface area (Å²) in [6, 6.07) is 2.04. The maximum absolute atomic E-state index is 12.7. The van der Waals surface area contributed by atoms with E-state index in [0.717, 1.165) is 44.5 Å². The molecule has 2 aliphatic rings. The van der Waals surface area contributed by atoms with Gasteiger partial charge in [-0.05, 0) is 55.5 Å². The van der Waals surface area contributed by atoms with Gasteiger partial charge in [0.15, 0.2) is 0 Å². The highest BCUT2D eigenvalue weighted by Crippen LogP contribution is 2.40. The lowest BCUT2D eigenvalue weighted by atomic mass is 9.73. The number of hydrogen-bond donors (Lipinski definition) is 0. The zero-order valence-electron chi connectivity index (χ0n) is 14.1. The highest BCUT2D eigenvalue weighted by Gasteiger charge is 2.47. The summed E-state index contributed by atoms with van der Waals surface area (Å²) >= 11 is 1.65. The van der Waals surface area contributed by atoms with Crippen molar-refractivity contribution in [3.05, 3.63) is 22.4 Å². The van der Waals surface area contributed by atoms with Crippen LogP contribution in [-0.4, -0.2) is 49.3 Å². The summed E-state index contributed by atoms with van der Waals surface area (Å²) in [5, 5.41) is 4.09. The third kappa shape index (κ3) is 3.95. The van der Waals surface area contributed by atoms with Crippen molar-refractivity contribution >= 4 is 17.2 Å². The predicted molar refractivity (Wildman–Crippen MR) is 91.7 cm³/mol. The molecule has 0 aliphatic carbocycles. The fourth-order valence-corrected chi connectivity index (χ4v) is 4.39. The van der Waals surface area contributed by atoms with Crippen LogP contribution in [0.5, 0.6) is 0 Å². The van der Waals surface area contributed by atoms with Crippen molar-refractivity contribution in [3.8, 4) is 0 Å². The van der Waals surface area contributed by atoms with Gasteiger partial charge in [0.1, 0.15) is 0 Å². The fourth-order valence-electron chi connectivity index (χ4n) is 3.73. The van der Waals surface area contributed by atoms with E-state index < -0.39 is 0 Å². The molecule has 4 nitrogen and oxygen atoms in total. The molecule has 2 saturated heterocycles. The van der Waals surface area contributed by atoms with Gasteiger partial charge in [0.05, 0.1) is 25.2 Å². The number of carbonyl (C=O) groups excluding carboxylic acids is 1. The summed E-state index contributed by atoms with van der Waals surface area (Å²) in [5.74, 6) is 0.233. The molecule has 23 heavy (non-hydrogen) atoms. The van der Waals surface area contributed by atoms with Gasteiger partial charge in [-0.3, -0.25) is 4.79 Å². The number of piperidine rings is 1. The average molecular weight is 337 g/mol. The molecule has 1 aromatic rings. The highest BCUT2D eigenvalue weighted by molar-refractivity contribution is 7.07. The number of likely N-dealkylation sites (tertiary alicyclic amines) is 1. The lowest BCUT2D eigenvalue weighted by Gasteiger charge is -2.50. The first kappa shape index (κ1) is 16.9. The predicted octanol–water partition coefficient (Wildman–Crippen LogP) is 3.11. The Kier molecular flexibility index (Phi) is 5.39. The molecule has 0 unspecified atom stereocenters. The molecular weight excluding hydrogens is 310 g/mol. The molecule has 0 N–H and O–H groups in total. The van der Waals surface area contributed by atoms with Crippen molar-refractivity contribution in [2.24, 2.45) is 5.41 Å². The monoisotopic (exact) mass is 337 g/mol. The number of amides is 1. The zero-order chi connectivity index (χ0) is 16.3. The topological polar surface area (TPSA) is 38.8 Å². The molecule has 5 heteroatoms. The van der Waals surface area contributed by atoms with Crippen LogP contribution in [0.1, 0.15) is 38.7 Å². The van der Waals surface area contributed by atoms with Crippen LogP contribution in [0.4, 0.5) is 0 Å². The summed E-state index contributed by atoms with van der Waals surface area (Å²) in [7, 11) is 0. The summed E-state index contributed by atoms with van der Waals surface area (Å²) in [6.45, 7) is 7.24. The first-order valence-electron chi connectivity index (χ1n) is 8.61. The summed E-state index contributed by atoms with van der Waals surface area (Å²) in [5.41, 5.74) is 1.10. The largest absolute Gasteiger partial charge is 0.378 e. The lowest BCUT2D eigenvalue weighted by molar-refractivity contribution is -0.167. The minimum absolute atomic E-state index is 0.0227. The molecular formula is C18H27NO3S. The Hall–Kier alpha value is -0.910. The van der Waals surface area contributed by atoms with E-state index in [-0.39, 0.29) is 23.5 Å². The standard InChI is InChI=1S/C18H27NO3S/c1-14(2)22-13-18-6-3-8-21-16(18)4-7-19(12-18)17(20)10-15-5-9-23-11-15/h5,9,11,14,16H,3-4,6-8,10,12-13H2,1-2H3/t16-,18+/m1/s1. The van der Waals surface area contributed by atoms with Crippen molar-refractivity contribution < 1.29 is 14.3 Å². The number of hydrogen-bond acceptors (Lipinski definition) is 4. The third-order valence-electron chi connectivity index (χ3n) is 4.98. The van der Waals surface area contributed by atoms with Crippen molar-refractivity contribution in [3.63, 3.8) is 0 Å². The third-order valence-corrected chi connectivity index (χ3v) is 5.71. The Bertz CT molecular complexity index is 516. The second kappa shape index (κ2) is 7.32. The van der Waals surface area contributed by atoms with E-state index in [1.807, 2.05) is 16.3 Å². The van der Waals surface area contributed by atoms with Gasteiger partial charge >= 0.3 is 0 Å². The Morgan fingerprint density at radius 2 is 2.43 bits per heavy atom. The molecule has 0 spiro atoms. The van der Waals surface area contributed by atoms with E-state index in [0.29, 0.717) is 13.0 Å². The van der Waals surface area contributed by atoms with Crippen LogP contribution >= 0.6 is 11.3 Å². The quantitative estimate of drug-likeness (QED) is 0.829. The summed E-state index contributed by atoms with van der Waals surface area (Å²) < 4.78 is 12.0. The van der Waals surface area contributed by atoms with Gasteiger partial charge < -0.3 is 14.4 Å². The maximum atomic E-state index is 12.7. The van der Waals surface area contributed by atoms with Crippen molar-refractivity contribution in [1.29, 1.82) is 0 Å². The normalized spacial score (nSPS) is 28.0. The van der Waals surface area contributed by atoms with Crippen LogP contribution in [0.3, 0.4) is 0 Å². The van der Waals surface area contributed by atoms with Crippen LogP contribution in [0.15, 0.2) is 16.8 Å². The van der Waals surface area contributed by atoms with Gasteiger partial charge in [-0.25, -0.2) is 0 Å². The van der Waals surface area contributed by atoms with Crippen LogP contribution in [0, 0.1) is 5.41 Å². The number of rotatable bonds is 5. The van der Waals surface area contributed by atoms with Gasteiger partial charge in [0.2, 0.25) is 5.91 Å². The van der Waals surface area contributed by atoms with Gasteiger partial charge in [0.25, 0.3) is 0 Å². The van der Waals surface area contributed by atoms with Gasteiger partial charge in [-0.15, -0.1) is 0 Å². The molecule has 128 valence electrons. The molecule has 1 amide bonds. The van der Waals surface area contributed by atoms with Crippen LogP contribution in [0.25, 0.3) is 0 Å². The van der Waals surface area contributed by atoms with E-state index in [2.05, 4.69) is 19.2 Å². The Morgan fingerprint density at radius 1 is 1.57 bits per heavy atom. The molecule has 0 saturated carbocycles. The van der Waals surface area contributed by atoms with Crippen LogP contribution in [0.2, 0.25) is 0 Å². The Balaban J connectivity index is 1.68. The molecule has 2 atom stereocenters. The van der Waals surface area contributed by atoms with E-state index in [1.54, 1.807) is 11.3 Å². The van der Waals surface area contributed by atoms with E-state index in [9.17, 15) is 4.79 Å². The molecule has 0 radical (unpaired) electrons. The SMILES string of the molecule is CC(C)OC[C@@]12CCCO[C@@H]1CCN(C(=O)Cc1ccsc1)C2. The first-order chi connectivity index (χ1) is 11.1. The molecule has 3 rings (SSSR count). The molecule has 2 aliphatic heterocycles. The van der Waals surface area contributed by atoms with Gasteiger partial charge in [0, 0.05) is 25.1 Å².